The van der Waals surface area contributed by atoms with Gasteiger partial charge in [0.1, 0.15) is 0 Å². The van der Waals surface area contributed by atoms with Crippen LogP contribution in [0.5, 0.6) is 0 Å². The molecule has 0 atom stereocenters. The number of halogens is 2. The minimum atomic E-state index is -0.104. The van der Waals surface area contributed by atoms with Crippen LogP contribution in [0.4, 0.5) is 11.7 Å². The van der Waals surface area contributed by atoms with Gasteiger partial charge in [-0.3, -0.25) is 4.79 Å². The zero-order valence-corrected chi connectivity index (χ0v) is 9.29. The Balaban J connectivity index is 2.23. The second-order valence-corrected chi connectivity index (χ2v) is 3.66. The van der Waals surface area contributed by atoms with Gasteiger partial charge >= 0.3 is 6.01 Å². The van der Waals surface area contributed by atoms with Crippen molar-refractivity contribution in [1.82, 2.24) is 10.2 Å². The van der Waals surface area contributed by atoms with E-state index in [1.165, 1.54) is 0 Å². The van der Waals surface area contributed by atoms with E-state index in [-0.39, 0.29) is 11.9 Å². The number of hydrogen-bond acceptors (Lipinski definition) is 5. The monoisotopic (exact) mass is 257 g/mol. The molecule has 0 saturated heterocycles. The minimum Gasteiger partial charge on any atom is -0.400 e. The molecule has 0 spiro atoms. The molecule has 1 heterocycles. The standard InChI is InChI=1S/C9H5Cl2N3O2/c10-5-1-2-7(6(11)3-5)12-9-14-13-8(4-15)16-9/h1-4H,(H,12,14). The first-order chi connectivity index (χ1) is 7.69. The Morgan fingerprint density at radius 2 is 2.12 bits per heavy atom. The Hall–Kier alpha value is -1.59. The van der Waals surface area contributed by atoms with Gasteiger partial charge in [-0.15, -0.1) is 5.10 Å². The summed E-state index contributed by atoms with van der Waals surface area (Å²) in [4.78, 5) is 10.3. The van der Waals surface area contributed by atoms with E-state index in [1.807, 2.05) is 0 Å². The molecule has 7 heteroatoms. The van der Waals surface area contributed by atoms with E-state index in [0.717, 1.165) is 0 Å². The molecule has 5 nitrogen and oxygen atoms in total. The van der Waals surface area contributed by atoms with Crippen molar-refractivity contribution in [1.29, 1.82) is 0 Å². The lowest BCUT2D eigenvalue weighted by Gasteiger charge is -2.03. The quantitative estimate of drug-likeness (QED) is 0.857. The summed E-state index contributed by atoms with van der Waals surface area (Å²) in [5.74, 6) is -0.104. The van der Waals surface area contributed by atoms with E-state index >= 15 is 0 Å². The Bertz CT molecular complexity index is 527. The first kappa shape index (κ1) is 10.9. The van der Waals surface area contributed by atoms with Gasteiger partial charge < -0.3 is 9.73 Å². The summed E-state index contributed by atoms with van der Waals surface area (Å²) in [6.45, 7) is 0. The molecule has 0 radical (unpaired) electrons. The SMILES string of the molecule is O=Cc1nnc(Nc2ccc(Cl)cc2Cl)o1. The van der Waals surface area contributed by atoms with Gasteiger partial charge in [0.15, 0.2) is 0 Å². The maximum atomic E-state index is 10.3. The summed E-state index contributed by atoms with van der Waals surface area (Å²) in [6, 6.07) is 4.98. The maximum Gasteiger partial charge on any atom is 0.320 e. The lowest BCUT2D eigenvalue weighted by Crippen LogP contribution is -1.91. The molecule has 82 valence electrons. The molecule has 0 aliphatic carbocycles. The predicted molar refractivity (Wildman–Crippen MR) is 59.4 cm³/mol. The number of rotatable bonds is 3. The Morgan fingerprint density at radius 1 is 1.31 bits per heavy atom. The number of hydrogen-bond donors (Lipinski definition) is 1. The fourth-order valence-corrected chi connectivity index (χ4v) is 1.49. The van der Waals surface area contributed by atoms with Crippen molar-refractivity contribution in [3.05, 3.63) is 34.1 Å². The Labute approximate surface area is 100 Å². The van der Waals surface area contributed by atoms with Crippen LogP contribution < -0.4 is 5.32 Å². The first-order valence-corrected chi connectivity index (χ1v) is 4.95. The van der Waals surface area contributed by atoms with Crippen LogP contribution in [0.15, 0.2) is 22.6 Å². The van der Waals surface area contributed by atoms with Crippen LogP contribution in [0.2, 0.25) is 10.0 Å². The number of benzene rings is 1. The molecule has 1 N–H and O–H groups in total. The van der Waals surface area contributed by atoms with Crippen LogP contribution in [0.25, 0.3) is 0 Å². The summed E-state index contributed by atoms with van der Waals surface area (Å²) in [7, 11) is 0. The average molecular weight is 258 g/mol. The summed E-state index contributed by atoms with van der Waals surface area (Å²) in [6.07, 6.45) is 0.460. The van der Waals surface area contributed by atoms with Gasteiger partial charge in [0.05, 0.1) is 10.7 Å². The van der Waals surface area contributed by atoms with Crippen LogP contribution >= 0.6 is 23.2 Å². The van der Waals surface area contributed by atoms with Gasteiger partial charge in [-0.2, -0.15) is 0 Å². The zero-order chi connectivity index (χ0) is 11.5. The number of carbonyl (C=O) groups excluding carboxylic acids is 1. The largest absolute Gasteiger partial charge is 0.400 e. The summed E-state index contributed by atoms with van der Waals surface area (Å²) >= 11 is 11.7. The first-order valence-electron chi connectivity index (χ1n) is 4.20. The van der Waals surface area contributed by atoms with Crippen molar-refractivity contribution in [2.24, 2.45) is 0 Å². The minimum absolute atomic E-state index is 0.0892. The second-order valence-electron chi connectivity index (χ2n) is 2.81. The molecule has 0 amide bonds. The molecule has 2 aromatic rings. The number of aldehydes is 1. The third-order valence-corrected chi connectivity index (χ3v) is 2.26. The van der Waals surface area contributed by atoms with Crippen LogP contribution in [0.3, 0.4) is 0 Å². The van der Waals surface area contributed by atoms with Gasteiger partial charge in [-0.1, -0.05) is 28.3 Å². The molecule has 0 aliphatic heterocycles. The van der Waals surface area contributed by atoms with E-state index in [9.17, 15) is 4.79 Å². The molecule has 0 saturated carbocycles. The van der Waals surface area contributed by atoms with Crippen LogP contribution in [-0.4, -0.2) is 16.5 Å². The van der Waals surface area contributed by atoms with Crippen molar-refractivity contribution in [3.8, 4) is 0 Å². The second kappa shape index (κ2) is 4.51. The van der Waals surface area contributed by atoms with Crippen molar-refractivity contribution in [2.75, 3.05) is 5.32 Å². The fourth-order valence-electron chi connectivity index (χ4n) is 1.04. The number of aromatic nitrogens is 2. The third-order valence-electron chi connectivity index (χ3n) is 1.71. The Morgan fingerprint density at radius 3 is 2.75 bits per heavy atom. The molecular weight excluding hydrogens is 253 g/mol. The molecule has 0 fully saturated rings. The molecular formula is C9H5Cl2N3O2. The van der Waals surface area contributed by atoms with E-state index in [0.29, 0.717) is 22.0 Å². The normalized spacial score (nSPS) is 10.1. The van der Waals surface area contributed by atoms with E-state index in [4.69, 9.17) is 27.6 Å². The van der Waals surface area contributed by atoms with E-state index in [2.05, 4.69) is 15.5 Å². The van der Waals surface area contributed by atoms with Crippen LogP contribution in [0.1, 0.15) is 10.7 Å². The average Bonchev–Trinajstić information content (AvgIpc) is 2.70. The highest BCUT2D eigenvalue weighted by atomic mass is 35.5. The maximum absolute atomic E-state index is 10.3. The van der Waals surface area contributed by atoms with E-state index < -0.39 is 0 Å². The Kier molecular flexibility index (Phi) is 3.07. The molecule has 0 aliphatic rings. The predicted octanol–water partition coefficient (Wildman–Crippen LogP) is 2.93. The molecule has 0 bridgehead atoms. The number of carbonyl (C=O) groups is 1. The van der Waals surface area contributed by atoms with Crippen LogP contribution in [-0.2, 0) is 0 Å². The molecule has 1 aromatic carbocycles. The zero-order valence-electron chi connectivity index (χ0n) is 7.78. The van der Waals surface area contributed by atoms with Crippen molar-refractivity contribution < 1.29 is 9.21 Å². The highest BCUT2D eigenvalue weighted by molar-refractivity contribution is 6.36. The van der Waals surface area contributed by atoms with Crippen molar-refractivity contribution in [2.45, 2.75) is 0 Å². The summed E-state index contributed by atoms with van der Waals surface area (Å²) < 4.78 is 4.93. The van der Waals surface area contributed by atoms with E-state index in [1.54, 1.807) is 18.2 Å². The third kappa shape index (κ3) is 2.32. The molecule has 0 unspecified atom stereocenters. The van der Waals surface area contributed by atoms with Crippen molar-refractivity contribution in [3.63, 3.8) is 0 Å². The molecule has 2 rings (SSSR count). The molecule has 1 aromatic heterocycles. The highest BCUT2D eigenvalue weighted by Gasteiger charge is 2.07. The van der Waals surface area contributed by atoms with Crippen LogP contribution in [0, 0.1) is 0 Å². The van der Waals surface area contributed by atoms with Crippen molar-refractivity contribution >= 4 is 41.2 Å². The van der Waals surface area contributed by atoms with Gasteiger partial charge in [0, 0.05) is 5.02 Å². The van der Waals surface area contributed by atoms with Gasteiger partial charge in [0.2, 0.25) is 6.29 Å². The van der Waals surface area contributed by atoms with Gasteiger partial charge in [-0.25, -0.2) is 0 Å². The highest BCUT2D eigenvalue weighted by Crippen LogP contribution is 2.27. The smallest absolute Gasteiger partial charge is 0.320 e. The number of nitrogens with one attached hydrogen (secondary N) is 1. The number of anilines is 2. The topological polar surface area (TPSA) is 68.0 Å². The van der Waals surface area contributed by atoms with Gasteiger partial charge in [0.25, 0.3) is 5.89 Å². The molecule has 16 heavy (non-hydrogen) atoms. The lowest BCUT2D eigenvalue weighted by molar-refractivity contribution is 0.109. The summed E-state index contributed by atoms with van der Waals surface area (Å²) in [5.41, 5.74) is 0.562. The van der Waals surface area contributed by atoms with Gasteiger partial charge in [-0.05, 0) is 18.2 Å². The lowest BCUT2D eigenvalue weighted by atomic mass is 10.3. The number of nitrogens with zero attached hydrogens (tertiary/aromatic N) is 2. The summed E-state index contributed by atoms with van der Waals surface area (Å²) in [5, 5.41) is 10.8. The fraction of sp³-hybridized carbons (Fsp3) is 0.